The molecular formula is C11H16N4O3S. The maximum Gasteiger partial charge on any atom is 0.262 e. The molecule has 0 spiro atoms. The van der Waals surface area contributed by atoms with Crippen molar-refractivity contribution in [3.8, 4) is 0 Å². The number of aryl methyl sites for hydroxylation is 1. The van der Waals surface area contributed by atoms with Crippen LogP contribution in [0.25, 0.3) is 0 Å². The van der Waals surface area contributed by atoms with Crippen LogP contribution in [0.15, 0.2) is 34.2 Å². The van der Waals surface area contributed by atoms with Crippen LogP contribution in [-0.2, 0) is 23.6 Å². The summed E-state index contributed by atoms with van der Waals surface area (Å²) in [6, 6.07) is 3.44. The molecule has 0 saturated carbocycles. The maximum atomic E-state index is 12.5. The van der Waals surface area contributed by atoms with Gasteiger partial charge in [0.1, 0.15) is 5.76 Å². The standard InChI is InChI=1S/C11H16N4O3S/c1-3-15(7-9-5-4-6-18-9)19(16,17)11-10(12)13-8-14(11)2/h4-6,8H,3,7,12H2,1-2H3. The van der Waals surface area contributed by atoms with Crippen LogP contribution < -0.4 is 5.73 Å². The quantitative estimate of drug-likeness (QED) is 0.876. The summed E-state index contributed by atoms with van der Waals surface area (Å²) in [5.74, 6) is 0.576. The predicted molar refractivity (Wildman–Crippen MR) is 69.6 cm³/mol. The van der Waals surface area contributed by atoms with Crippen LogP contribution in [0.3, 0.4) is 0 Å². The third kappa shape index (κ3) is 2.49. The zero-order valence-corrected chi connectivity index (χ0v) is 11.6. The minimum Gasteiger partial charge on any atom is -0.468 e. The number of aromatic nitrogens is 2. The van der Waals surface area contributed by atoms with Crippen molar-refractivity contribution in [3.63, 3.8) is 0 Å². The number of rotatable bonds is 5. The van der Waals surface area contributed by atoms with E-state index in [2.05, 4.69) is 4.98 Å². The van der Waals surface area contributed by atoms with Gasteiger partial charge < -0.3 is 14.7 Å². The number of nitrogens with two attached hydrogens (primary N) is 1. The Bertz CT molecular complexity index is 626. The topological polar surface area (TPSA) is 94.4 Å². The summed E-state index contributed by atoms with van der Waals surface area (Å²) in [5.41, 5.74) is 5.63. The van der Waals surface area contributed by atoms with E-state index < -0.39 is 10.0 Å². The maximum absolute atomic E-state index is 12.5. The zero-order valence-electron chi connectivity index (χ0n) is 10.8. The van der Waals surface area contributed by atoms with Gasteiger partial charge in [0, 0.05) is 13.6 Å². The summed E-state index contributed by atoms with van der Waals surface area (Å²) in [7, 11) is -2.10. The minimum atomic E-state index is -3.70. The normalized spacial score (nSPS) is 12.2. The highest BCUT2D eigenvalue weighted by Crippen LogP contribution is 2.22. The summed E-state index contributed by atoms with van der Waals surface area (Å²) in [6.45, 7) is 2.23. The molecule has 0 radical (unpaired) electrons. The van der Waals surface area contributed by atoms with Crippen molar-refractivity contribution in [2.45, 2.75) is 18.5 Å². The Kier molecular flexibility index (Phi) is 3.63. The molecule has 8 heteroatoms. The van der Waals surface area contributed by atoms with Crippen molar-refractivity contribution in [2.24, 2.45) is 7.05 Å². The van der Waals surface area contributed by atoms with Crippen LogP contribution in [0.1, 0.15) is 12.7 Å². The number of nitrogens with zero attached hydrogens (tertiary/aromatic N) is 3. The lowest BCUT2D eigenvalue weighted by atomic mass is 10.4. The van der Waals surface area contributed by atoms with E-state index >= 15 is 0 Å². The van der Waals surface area contributed by atoms with Gasteiger partial charge in [0.2, 0.25) is 0 Å². The molecule has 0 amide bonds. The first-order valence-corrected chi connectivity index (χ1v) is 7.20. The highest BCUT2D eigenvalue weighted by atomic mass is 32.2. The van der Waals surface area contributed by atoms with E-state index in [9.17, 15) is 8.42 Å². The average Bonchev–Trinajstić information content (AvgIpc) is 2.96. The third-order valence-corrected chi connectivity index (χ3v) is 4.81. The largest absolute Gasteiger partial charge is 0.468 e. The van der Waals surface area contributed by atoms with Gasteiger partial charge in [0.05, 0.1) is 19.1 Å². The molecule has 0 aromatic carbocycles. The first-order valence-electron chi connectivity index (χ1n) is 5.76. The SMILES string of the molecule is CCN(Cc1ccco1)S(=O)(=O)c1c(N)ncn1C. The van der Waals surface area contributed by atoms with E-state index in [1.54, 1.807) is 26.1 Å². The molecule has 0 saturated heterocycles. The Morgan fingerprint density at radius 1 is 1.53 bits per heavy atom. The molecule has 0 atom stereocenters. The first-order chi connectivity index (χ1) is 8.96. The predicted octanol–water partition coefficient (Wildman–Crippen LogP) is 0.806. The van der Waals surface area contributed by atoms with Gasteiger partial charge in [-0.1, -0.05) is 6.92 Å². The van der Waals surface area contributed by atoms with E-state index in [1.165, 1.54) is 21.5 Å². The van der Waals surface area contributed by atoms with Gasteiger partial charge >= 0.3 is 0 Å². The van der Waals surface area contributed by atoms with Crippen molar-refractivity contribution in [1.82, 2.24) is 13.9 Å². The summed E-state index contributed by atoms with van der Waals surface area (Å²) in [5, 5.41) is 0.000839. The van der Waals surface area contributed by atoms with Crippen molar-refractivity contribution in [1.29, 1.82) is 0 Å². The Morgan fingerprint density at radius 2 is 2.26 bits per heavy atom. The van der Waals surface area contributed by atoms with Gasteiger partial charge in [-0.05, 0) is 12.1 Å². The lowest BCUT2D eigenvalue weighted by Gasteiger charge is -2.19. The second-order valence-corrected chi connectivity index (χ2v) is 5.91. The number of hydrogen-bond acceptors (Lipinski definition) is 5. The number of hydrogen-bond donors (Lipinski definition) is 1. The zero-order chi connectivity index (χ0) is 14.0. The summed E-state index contributed by atoms with van der Waals surface area (Å²) in [4.78, 5) is 3.81. The van der Waals surface area contributed by atoms with Gasteiger partial charge in [-0.25, -0.2) is 13.4 Å². The fraction of sp³-hybridized carbons (Fsp3) is 0.364. The molecule has 7 nitrogen and oxygen atoms in total. The van der Waals surface area contributed by atoms with Crippen LogP contribution in [0.5, 0.6) is 0 Å². The lowest BCUT2D eigenvalue weighted by molar-refractivity contribution is 0.373. The van der Waals surface area contributed by atoms with Crippen LogP contribution in [-0.4, -0.2) is 28.8 Å². The van der Waals surface area contributed by atoms with Gasteiger partial charge in [-0.2, -0.15) is 4.31 Å². The fourth-order valence-electron chi connectivity index (χ4n) is 1.82. The number of sulfonamides is 1. The Hall–Kier alpha value is -1.80. The molecule has 2 aromatic heterocycles. The highest BCUT2D eigenvalue weighted by Gasteiger charge is 2.29. The molecule has 0 aliphatic rings. The molecule has 0 fully saturated rings. The fourth-order valence-corrected chi connectivity index (χ4v) is 3.43. The van der Waals surface area contributed by atoms with Gasteiger partial charge in [0.15, 0.2) is 10.8 Å². The Labute approximate surface area is 111 Å². The van der Waals surface area contributed by atoms with Crippen LogP contribution >= 0.6 is 0 Å². The molecule has 2 aromatic rings. The number of anilines is 1. The minimum absolute atomic E-state index is 0.000366. The van der Waals surface area contributed by atoms with E-state index in [0.717, 1.165) is 0 Å². The molecule has 0 aliphatic heterocycles. The van der Waals surface area contributed by atoms with Crippen molar-refractivity contribution in [2.75, 3.05) is 12.3 Å². The number of nitrogen functional groups attached to an aromatic ring is 1. The van der Waals surface area contributed by atoms with Gasteiger partial charge in [-0.15, -0.1) is 0 Å². The van der Waals surface area contributed by atoms with Crippen LogP contribution in [0, 0.1) is 0 Å². The molecule has 19 heavy (non-hydrogen) atoms. The van der Waals surface area contributed by atoms with Gasteiger partial charge in [0.25, 0.3) is 10.0 Å². The molecule has 2 heterocycles. The molecule has 0 unspecified atom stereocenters. The molecule has 2 N–H and O–H groups in total. The number of furan rings is 1. The first kappa shape index (κ1) is 13.6. The molecule has 0 bridgehead atoms. The van der Waals surface area contributed by atoms with Crippen LogP contribution in [0.4, 0.5) is 5.82 Å². The Balaban J connectivity index is 2.37. The molecular weight excluding hydrogens is 268 g/mol. The van der Waals surface area contributed by atoms with E-state index in [-0.39, 0.29) is 17.4 Å². The summed E-state index contributed by atoms with van der Waals surface area (Å²) in [6.07, 6.45) is 2.89. The molecule has 104 valence electrons. The van der Waals surface area contributed by atoms with Crippen molar-refractivity contribution < 1.29 is 12.8 Å². The molecule has 0 aliphatic carbocycles. The monoisotopic (exact) mass is 284 g/mol. The highest BCUT2D eigenvalue weighted by molar-refractivity contribution is 7.89. The van der Waals surface area contributed by atoms with Gasteiger partial charge in [-0.3, -0.25) is 0 Å². The van der Waals surface area contributed by atoms with Crippen LogP contribution in [0.2, 0.25) is 0 Å². The second kappa shape index (κ2) is 5.06. The third-order valence-electron chi connectivity index (χ3n) is 2.76. The average molecular weight is 284 g/mol. The van der Waals surface area contributed by atoms with E-state index in [4.69, 9.17) is 10.2 Å². The van der Waals surface area contributed by atoms with Crippen molar-refractivity contribution in [3.05, 3.63) is 30.5 Å². The second-order valence-electron chi connectivity index (χ2n) is 4.06. The Morgan fingerprint density at radius 3 is 2.74 bits per heavy atom. The molecule has 2 rings (SSSR count). The van der Waals surface area contributed by atoms with E-state index in [1.807, 2.05) is 0 Å². The number of imidazole rings is 1. The lowest BCUT2D eigenvalue weighted by Crippen LogP contribution is -2.32. The smallest absolute Gasteiger partial charge is 0.262 e. The summed E-state index contributed by atoms with van der Waals surface area (Å²) >= 11 is 0. The van der Waals surface area contributed by atoms with E-state index in [0.29, 0.717) is 12.3 Å². The van der Waals surface area contributed by atoms with Crippen molar-refractivity contribution >= 4 is 15.8 Å². The summed E-state index contributed by atoms with van der Waals surface area (Å²) < 4.78 is 32.9.